The van der Waals surface area contributed by atoms with Crippen LogP contribution in [0.15, 0.2) is 42.7 Å². The zero-order valence-electron chi connectivity index (χ0n) is 13.7. The first-order chi connectivity index (χ1) is 11.7. The highest BCUT2D eigenvalue weighted by atomic mass is 19.1. The van der Waals surface area contributed by atoms with Gasteiger partial charge < -0.3 is 10.1 Å². The molecular weight excluding hydrogens is 309 g/mol. The molecule has 0 amide bonds. The number of halogens is 1. The molecule has 0 saturated heterocycles. The molecule has 0 aliphatic heterocycles. The van der Waals surface area contributed by atoms with Gasteiger partial charge in [0.2, 0.25) is 0 Å². The first-order valence-electron chi connectivity index (χ1n) is 7.67. The summed E-state index contributed by atoms with van der Waals surface area (Å²) in [5, 5.41) is 14.8. The number of aromatic amines is 1. The molecule has 0 bridgehead atoms. The Kier molecular flexibility index (Phi) is 5.02. The molecule has 0 aliphatic carbocycles. The fraction of sp³-hybridized carbons (Fsp3) is 0.294. The van der Waals surface area contributed by atoms with Gasteiger partial charge in [0.1, 0.15) is 5.82 Å². The molecule has 126 valence electrons. The average Bonchev–Trinajstić information content (AvgIpc) is 3.21. The van der Waals surface area contributed by atoms with E-state index in [0.717, 1.165) is 22.5 Å². The lowest BCUT2D eigenvalue weighted by Gasteiger charge is -2.18. The molecular formula is C17H20FN5O. The van der Waals surface area contributed by atoms with Gasteiger partial charge in [-0.3, -0.25) is 9.78 Å². The van der Waals surface area contributed by atoms with Crippen LogP contribution in [0.1, 0.15) is 17.3 Å². The van der Waals surface area contributed by atoms with Crippen LogP contribution in [0, 0.1) is 5.82 Å². The van der Waals surface area contributed by atoms with E-state index in [4.69, 9.17) is 4.74 Å². The third-order valence-corrected chi connectivity index (χ3v) is 3.94. The van der Waals surface area contributed by atoms with Crippen molar-refractivity contribution in [3.63, 3.8) is 0 Å². The van der Waals surface area contributed by atoms with Gasteiger partial charge in [-0.05, 0) is 30.3 Å². The van der Waals surface area contributed by atoms with Crippen molar-refractivity contribution < 1.29 is 9.13 Å². The molecule has 3 rings (SSSR count). The SMILES string of the molecule is COC[C@@H](NCc1cn[nH]c1-c1ccc(F)cc1)c1ccnn1C. The molecule has 7 heteroatoms. The van der Waals surface area contributed by atoms with Gasteiger partial charge in [0.25, 0.3) is 0 Å². The van der Waals surface area contributed by atoms with Crippen molar-refractivity contribution in [1.82, 2.24) is 25.3 Å². The Balaban J connectivity index is 1.75. The van der Waals surface area contributed by atoms with E-state index in [9.17, 15) is 4.39 Å². The maximum Gasteiger partial charge on any atom is 0.123 e. The van der Waals surface area contributed by atoms with Crippen LogP contribution in [0.5, 0.6) is 0 Å². The predicted molar refractivity (Wildman–Crippen MR) is 88.6 cm³/mol. The molecule has 6 nitrogen and oxygen atoms in total. The van der Waals surface area contributed by atoms with Gasteiger partial charge in [-0.25, -0.2) is 4.39 Å². The van der Waals surface area contributed by atoms with Crippen molar-refractivity contribution >= 4 is 0 Å². The van der Waals surface area contributed by atoms with Crippen LogP contribution in [-0.4, -0.2) is 33.7 Å². The first kappa shape index (κ1) is 16.4. The van der Waals surface area contributed by atoms with Gasteiger partial charge in [0, 0.05) is 38.0 Å². The summed E-state index contributed by atoms with van der Waals surface area (Å²) in [4.78, 5) is 0. The summed E-state index contributed by atoms with van der Waals surface area (Å²) in [6, 6.07) is 8.33. The standard InChI is InChI=1S/C17H20FN5O/c1-23-16(7-8-21-23)15(11-24-2)19-9-13-10-20-22-17(13)12-3-5-14(18)6-4-12/h3-8,10,15,19H,9,11H2,1-2H3,(H,20,22)/t15-/m1/s1. The van der Waals surface area contributed by atoms with Crippen molar-refractivity contribution in [2.24, 2.45) is 7.05 Å². The Hall–Kier alpha value is -2.51. The number of hydrogen-bond acceptors (Lipinski definition) is 4. The molecule has 1 atom stereocenters. The van der Waals surface area contributed by atoms with Gasteiger partial charge in [-0.1, -0.05) is 0 Å². The van der Waals surface area contributed by atoms with Crippen LogP contribution in [0.2, 0.25) is 0 Å². The van der Waals surface area contributed by atoms with Crippen LogP contribution < -0.4 is 5.32 Å². The lowest BCUT2D eigenvalue weighted by molar-refractivity contribution is 0.163. The Morgan fingerprint density at radius 2 is 2.08 bits per heavy atom. The summed E-state index contributed by atoms with van der Waals surface area (Å²) in [7, 11) is 3.58. The number of H-pyrrole nitrogens is 1. The van der Waals surface area contributed by atoms with Crippen LogP contribution in [-0.2, 0) is 18.3 Å². The van der Waals surface area contributed by atoms with E-state index in [2.05, 4.69) is 20.6 Å². The molecule has 0 fully saturated rings. The number of ether oxygens (including phenoxy) is 1. The summed E-state index contributed by atoms with van der Waals surface area (Å²) in [5.74, 6) is -0.255. The molecule has 2 aromatic heterocycles. The van der Waals surface area contributed by atoms with Gasteiger partial charge in [0.05, 0.1) is 30.2 Å². The predicted octanol–water partition coefficient (Wildman–Crippen LogP) is 2.43. The minimum absolute atomic E-state index is 0.0125. The Labute approximate surface area is 139 Å². The van der Waals surface area contributed by atoms with Crippen LogP contribution in [0.3, 0.4) is 0 Å². The number of hydrogen-bond donors (Lipinski definition) is 2. The normalized spacial score (nSPS) is 12.5. The van der Waals surface area contributed by atoms with E-state index in [-0.39, 0.29) is 11.9 Å². The van der Waals surface area contributed by atoms with E-state index >= 15 is 0 Å². The monoisotopic (exact) mass is 329 g/mol. The third-order valence-electron chi connectivity index (χ3n) is 3.94. The molecule has 2 heterocycles. The Morgan fingerprint density at radius 1 is 1.29 bits per heavy atom. The maximum atomic E-state index is 13.1. The van der Waals surface area contributed by atoms with Gasteiger partial charge in [-0.15, -0.1) is 0 Å². The summed E-state index contributed by atoms with van der Waals surface area (Å²) < 4.78 is 20.2. The van der Waals surface area contributed by atoms with Crippen molar-refractivity contribution in [1.29, 1.82) is 0 Å². The van der Waals surface area contributed by atoms with E-state index < -0.39 is 0 Å². The zero-order valence-corrected chi connectivity index (χ0v) is 13.7. The number of nitrogens with zero attached hydrogens (tertiary/aromatic N) is 3. The molecule has 1 aromatic carbocycles. The molecule has 0 saturated carbocycles. The highest BCUT2D eigenvalue weighted by Gasteiger charge is 2.16. The average molecular weight is 329 g/mol. The lowest BCUT2D eigenvalue weighted by Crippen LogP contribution is -2.27. The third kappa shape index (κ3) is 3.52. The van der Waals surface area contributed by atoms with Crippen molar-refractivity contribution in [2.75, 3.05) is 13.7 Å². The largest absolute Gasteiger partial charge is 0.383 e. The quantitative estimate of drug-likeness (QED) is 0.698. The summed E-state index contributed by atoms with van der Waals surface area (Å²) in [6.45, 7) is 1.13. The van der Waals surface area contributed by atoms with Crippen LogP contribution in [0.25, 0.3) is 11.3 Å². The second-order valence-electron chi connectivity index (χ2n) is 5.55. The molecule has 0 aliphatic rings. The number of methoxy groups -OCH3 is 1. The molecule has 0 spiro atoms. The first-order valence-corrected chi connectivity index (χ1v) is 7.67. The number of benzene rings is 1. The van der Waals surface area contributed by atoms with Gasteiger partial charge in [0.15, 0.2) is 0 Å². The zero-order chi connectivity index (χ0) is 16.9. The Bertz CT molecular complexity index is 780. The molecule has 3 aromatic rings. The summed E-state index contributed by atoms with van der Waals surface area (Å²) in [5.41, 5.74) is 3.83. The summed E-state index contributed by atoms with van der Waals surface area (Å²) >= 11 is 0. The van der Waals surface area contributed by atoms with Crippen LogP contribution >= 0.6 is 0 Å². The fourth-order valence-corrected chi connectivity index (χ4v) is 2.69. The minimum atomic E-state index is -0.255. The van der Waals surface area contributed by atoms with E-state index in [1.165, 1.54) is 12.1 Å². The number of rotatable bonds is 7. The van der Waals surface area contributed by atoms with E-state index in [0.29, 0.717) is 13.2 Å². The number of aryl methyl sites for hydroxylation is 1. The second kappa shape index (κ2) is 7.37. The highest BCUT2D eigenvalue weighted by Crippen LogP contribution is 2.22. The lowest BCUT2D eigenvalue weighted by atomic mass is 10.1. The summed E-state index contributed by atoms with van der Waals surface area (Å²) in [6.07, 6.45) is 3.54. The van der Waals surface area contributed by atoms with Gasteiger partial charge >= 0.3 is 0 Å². The van der Waals surface area contributed by atoms with E-state index in [1.54, 1.807) is 31.6 Å². The van der Waals surface area contributed by atoms with Gasteiger partial charge in [-0.2, -0.15) is 10.2 Å². The van der Waals surface area contributed by atoms with Crippen molar-refractivity contribution in [2.45, 2.75) is 12.6 Å². The number of nitrogens with one attached hydrogen (secondary N) is 2. The molecule has 24 heavy (non-hydrogen) atoms. The Morgan fingerprint density at radius 3 is 2.75 bits per heavy atom. The maximum absolute atomic E-state index is 13.1. The fourth-order valence-electron chi connectivity index (χ4n) is 2.69. The number of aromatic nitrogens is 4. The van der Waals surface area contributed by atoms with Crippen LogP contribution in [0.4, 0.5) is 4.39 Å². The molecule has 0 radical (unpaired) electrons. The van der Waals surface area contributed by atoms with Crippen molar-refractivity contribution in [3.05, 3.63) is 59.8 Å². The molecule has 0 unspecified atom stereocenters. The second-order valence-corrected chi connectivity index (χ2v) is 5.55. The van der Waals surface area contributed by atoms with E-state index in [1.807, 2.05) is 17.8 Å². The molecule has 2 N–H and O–H groups in total. The highest BCUT2D eigenvalue weighted by molar-refractivity contribution is 5.62. The minimum Gasteiger partial charge on any atom is -0.383 e. The van der Waals surface area contributed by atoms with Crippen molar-refractivity contribution in [3.8, 4) is 11.3 Å². The topological polar surface area (TPSA) is 67.8 Å². The smallest absolute Gasteiger partial charge is 0.123 e.